The van der Waals surface area contributed by atoms with Crippen LogP contribution in [0.2, 0.25) is 0 Å². The van der Waals surface area contributed by atoms with Crippen molar-refractivity contribution >= 4 is 18.6 Å². The first-order valence-electron chi connectivity index (χ1n) is 4.99. The molecule has 0 amide bonds. The lowest BCUT2D eigenvalue weighted by Crippen LogP contribution is -2.41. The number of morpholine rings is 1. The molecule has 6 heteroatoms. The zero-order valence-electron chi connectivity index (χ0n) is 8.92. The van der Waals surface area contributed by atoms with E-state index in [1.807, 2.05) is 17.9 Å². The Labute approximate surface area is 99.5 Å². The SMILES string of the molecule is Cc1cc(C#N)nc(N2CCOC(S)C2)n1. The minimum Gasteiger partial charge on any atom is -0.364 e. The molecule has 5 nitrogen and oxygen atoms in total. The van der Waals surface area contributed by atoms with Gasteiger partial charge in [-0.1, -0.05) is 0 Å². The third kappa shape index (κ3) is 2.43. The second-order valence-electron chi connectivity index (χ2n) is 3.58. The van der Waals surface area contributed by atoms with Crippen molar-refractivity contribution in [2.24, 2.45) is 0 Å². The molecule has 1 aromatic heterocycles. The zero-order chi connectivity index (χ0) is 11.5. The first kappa shape index (κ1) is 11.2. The summed E-state index contributed by atoms with van der Waals surface area (Å²) in [5.41, 5.74) is 1.07. The van der Waals surface area contributed by atoms with Crippen LogP contribution in [0.25, 0.3) is 0 Å². The maximum atomic E-state index is 8.84. The van der Waals surface area contributed by atoms with E-state index in [1.54, 1.807) is 6.07 Å². The summed E-state index contributed by atoms with van der Waals surface area (Å²) in [6, 6.07) is 3.70. The highest BCUT2D eigenvalue weighted by Gasteiger charge is 2.20. The summed E-state index contributed by atoms with van der Waals surface area (Å²) in [6.45, 7) is 3.82. The highest BCUT2D eigenvalue weighted by molar-refractivity contribution is 7.80. The minimum absolute atomic E-state index is 0.122. The van der Waals surface area contributed by atoms with E-state index in [-0.39, 0.29) is 5.44 Å². The summed E-state index contributed by atoms with van der Waals surface area (Å²) >= 11 is 4.26. The largest absolute Gasteiger partial charge is 0.364 e. The van der Waals surface area contributed by atoms with Gasteiger partial charge in [-0.05, 0) is 13.0 Å². The number of hydrogen-bond acceptors (Lipinski definition) is 6. The van der Waals surface area contributed by atoms with Crippen molar-refractivity contribution in [3.05, 3.63) is 17.5 Å². The molecule has 2 rings (SSSR count). The Morgan fingerprint density at radius 3 is 3.12 bits per heavy atom. The summed E-state index contributed by atoms with van der Waals surface area (Å²) in [7, 11) is 0. The van der Waals surface area contributed by atoms with Crippen molar-refractivity contribution in [1.82, 2.24) is 9.97 Å². The molecule has 16 heavy (non-hydrogen) atoms. The van der Waals surface area contributed by atoms with E-state index in [0.717, 1.165) is 12.2 Å². The van der Waals surface area contributed by atoms with Crippen LogP contribution in [0.5, 0.6) is 0 Å². The number of thiol groups is 1. The molecule has 1 aromatic rings. The van der Waals surface area contributed by atoms with Crippen LogP contribution in [0.3, 0.4) is 0 Å². The maximum Gasteiger partial charge on any atom is 0.227 e. The molecule has 0 N–H and O–H groups in total. The predicted molar refractivity (Wildman–Crippen MR) is 62.4 cm³/mol. The molecule has 1 aliphatic heterocycles. The lowest BCUT2D eigenvalue weighted by Gasteiger charge is -2.30. The smallest absolute Gasteiger partial charge is 0.227 e. The van der Waals surface area contributed by atoms with Gasteiger partial charge in [-0.2, -0.15) is 5.26 Å². The van der Waals surface area contributed by atoms with E-state index in [0.29, 0.717) is 24.8 Å². The second kappa shape index (κ2) is 4.68. The van der Waals surface area contributed by atoms with Crippen molar-refractivity contribution < 1.29 is 4.74 Å². The third-order valence-corrected chi connectivity index (χ3v) is 2.60. The fourth-order valence-electron chi connectivity index (χ4n) is 1.56. The average molecular weight is 236 g/mol. The molecule has 2 heterocycles. The molecule has 0 radical (unpaired) electrons. The van der Waals surface area contributed by atoms with Gasteiger partial charge in [0.25, 0.3) is 0 Å². The first-order chi connectivity index (χ1) is 7.69. The molecule has 0 aromatic carbocycles. The van der Waals surface area contributed by atoms with Gasteiger partial charge < -0.3 is 9.64 Å². The highest BCUT2D eigenvalue weighted by atomic mass is 32.1. The number of hydrogen-bond donors (Lipinski definition) is 1. The molecule has 84 valence electrons. The fourth-order valence-corrected chi connectivity index (χ4v) is 1.87. The lowest BCUT2D eigenvalue weighted by atomic mass is 10.3. The molecular weight excluding hydrogens is 224 g/mol. The Kier molecular flexibility index (Phi) is 3.27. The van der Waals surface area contributed by atoms with Gasteiger partial charge in [-0.25, -0.2) is 9.97 Å². The van der Waals surface area contributed by atoms with Crippen molar-refractivity contribution in [2.45, 2.75) is 12.4 Å². The summed E-state index contributed by atoms with van der Waals surface area (Å²) in [5.74, 6) is 0.582. The van der Waals surface area contributed by atoms with Crippen LogP contribution in [0.4, 0.5) is 5.95 Å². The zero-order valence-corrected chi connectivity index (χ0v) is 9.81. The predicted octanol–water partition coefficient (Wildman–Crippen LogP) is 0.749. The van der Waals surface area contributed by atoms with Gasteiger partial charge in [0.1, 0.15) is 17.2 Å². The van der Waals surface area contributed by atoms with Gasteiger partial charge in [-0.3, -0.25) is 0 Å². The fraction of sp³-hybridized carbons (Fsp3) is 0.500. The van der Waals surface area contributed by atoms with Crippen molar-refractivity contribution in [3.63, 3.8) is 0 Å². The number of ether oxygens (including phenoxy) is 1. The van der Waals surface area contributed by atoms with Crippen molar-refractivity contribution in [3.8, 4) is 6.07 Å². The molecule has 0 spiro atoms. The molecular formula is C10H12N4OS. The molecule has 0 bridgehead atoms. The van der Waals surface area contributed by atoms with Gasteiger partial charge in [0.2, 0.25) is 5.95 Å². The number of rotatable bonds is 1. The van der Waals surface area contributed by atoms with Gasteiger partial charge in [0, 0.05) is 12.2 Å². The quantitative estimate of drug-likeness (QED) is 0.729. The molecule has 0 aliphatic carbocycles. The van der Waals surface area contributed by atoms with Crippen LogP contribution in [0.15, 0.2) is 6.07 Å². The van der Waals surface area contributed by atoms with Gasteiger partial charge in [-0.15, -0.1) is 12.6 Å². The van der Waals surface area contributed by atoms with Crippen LogP contribution < -0.4 is 4.90 Å². The number of aromatic nitrogens is 2. The number of anilines is 1. The van der Waals surface area contributed by atoms with E-state index in [4.69, 9.17) is 10.00 Å². The highest BCUT2D eigenvalue weighted by Crippen LogP contribution is 2.15. The van der Waals surface area contributed by atoms with E-state index in [9.17, 15) is 0 Å². The monoisotopic (exact) mass is 236 g/mol. The average Bonchev–Trinajstić information content (AvgIpc) is 2.28. The van der Waals surface area contributed by atoms with Crippen LogP contribution in [0.1, 0.15) is 11.4 Å². The van der Waals surface area contributed by atoms with Gasteiger partial charge >= 0.3 is 0 Å². The normalized spacial score (nSPS) is 20.6. The third-order valence-electron chi connectivity index (χ3n) is 2.29. The van der Waals surface area contributed by atoms with Crippen LogP contribution in [-0.4, -0.2) is 35.1 Å². The summed E-state index contributed by atoms with van der Waals surface area (Å²) < 4.78 is 5.32. The Bertz CT molecular complexity index is 431. The van der Waals surface area contributed by atoms with E-state index in [1.165, 1.54) is 0 Å². The second-order valence-corrected chi connectivity index (χ2v) is 4.15. The molecule has 0 saturated carbocycles. The van der Waals surface area contributed by atoms with Crippen LogP contribution >= 0.6 is 12.6 Å². The van der Waals surface area contributed by atoms with Crippen LogP contribution in [-0.2, 0) is 4.74 Å². The Morgan fingerprint density at radius 1 is 1.62 bits per heavy atom. The molecule has 1 saturated heterocycles. The topological polar surface area (TPSA) is 62.0 Å². The molecule has 1 aliphatic rings. The molecule has 1 unspecified atom stereocenters. The Morgan fingerprint density at radius 2 is 2.44 bits per heavy atom. The van der Waals surface area contributed by atoms with E-state index >= 15 is 0 Å². The van der Waals surface area contributed by atoms with Gasteiger partial charge in [0.15, 0.2) is 0 Å². The number of nitriles is 1. The Hall–Kier alpha value is -1.32. The van der Waals surface area contributed by atoms with Gasteiger partial charge in [0.05, 0.1) is 13.2 Å². The van der Waals surface area contributed by atoms with Crippen LogP contribution in [0, 0.1) is 18.3 Å². The lowest BCUT2D eigenvalue weighted by molar-refractivity contribution is 0.0990. The summed E-state index contributed by atoms with van der Waals surface area (Å²) in [5, 5.41) is 8.84. The first-order valence-corrected chi connectivity index (χ1v) is 5.51. The van der Waals surface area contributed by atoms with Crippen molar-refractivity contribution in [1.29, 1.82) is 5.26 Å². The number of aryl methyl sites for hydroxylation is 1. The maximum absolute atomic E-state index is 8.84. The van der Waals surface area contributed by atoms with E-state index < -0.39 is 0 Å². The summed E-state index contributed by atoms with van der Waals surface area (Å²) in [6.07, 6.45) is 0. The van der Waals surface area contributed by atoms with Crippen molar-refractivity contribution in [2.75, 3.05) is 24.6 Å². The number of nitrogens with zero attached hydrogens (tertiary/aromatic N) is 4. The van der Waals surface area contributed by atoms with E-state index in [2.05, 4.69) is 22.6 Å². The minimum atomic E-state index is -0.122. The molecule has 1 fully saturated rings. The Balaban J connectivity index is 2.26. The summed E-state index contributed by atoms with van der Waals surface area (Å²) in [4.78, 5) is 10.5. The standard InChI is InChI=1S/C10H12N4OS/c1-7-4-8(5-11)13-10(12-7)14-2-3-15-9(16)6-14/h4,9,16H,2-3,6H2,1H3. The molecule has 1 atom stereocenters.